The molecule has 1 N–H and O–H groups in total. The van der Waals surface area contributed by atoms with Crippen LogP contribution in [-0.2, 0) is 4.74 Å². The molecule has 24 heavy (non-hydrogen) atoms. The average molecular weight is 330 g/mol. The van der Waals surface area contributed by atoms with Gasteiger partial charge in [0.05, 0.1) is 13.2 Å². The molecule has 4 rings (SSSR count). The molecule has 0 atom stereocenters. The number of nitrogens with one attached hydrogen (secondary N) is 1. The first kappa shape index (κ1) is 15.8. The molecule has 7 heteroatoms. The van der Waals surface area contributed by atoms with Gasteiger partial charge in [-0.15, -0.1) is 0 Å². The normalized spacial score (nSPS) is 21.9. The highest BCUT2D eigenvalue weighted by Crippen LogP contribution is 2.34. The fourth-order valence-electron chi connectivity index (χ4n) is 4.16. The van der Waals surface area contributed by atoms with Gasteiger partial charge in [0.1, 0.15) is 12.1 Å². The number of anilines is 1. The second-order valence-electron chi connectivity index (χ2n) is 6.99. The van der Waals surface area contributed by atoms with Crippen LogP contribution in [0.2, 0.25) is 0 Å². The van der Waals surface area contributed by atoms with E-state index in [2.05, 4.69) is 31.3 Å². The van der Waals surface area contributed by atoms with E-state index < -0.39 is 0 Å². The fraction of sp³-hybridized carbons (Fsp3) is 0.706. The first-order chi connectivity index (χ1) is 11.8. The Balaban J connectivity index is 1.57. The molecular weight excluding hydrogens is 304 g/mol. The third-order valence-electron chi connectivity index (χ3n) is 5.44. The van der Waals surface area contributed by atoms with Crippen LogP contribution in [0.15, 0.2) is 12.4 Å². The predicted molar refractivity (Wildman–Crippen MR) is 92.2 cm³/mol. The lowest BCUT2D eigenvalue weighted by Gasteiger charge is -2.48. The van der Waals surface area contributed by atoms with Gasteiger partial charge < -0.3 is 10.1 Å². The standard InChI is InChI=1S/C17H26N6O/c1-14-11-15(23-16(21-14)19-13-20-23)18-12-17(5-3-2-4-6-17)22-7-9-24-10-8-22/h11,13,18H,2-10,12H2,1H3. The molecule has 0 amide bonds. The SMILES string of the molecule is Cc1cc(NCC2(N3CCOCC3)CCCCC2)n2ncnc2n1. The van der Waals surface area contributed by atoms with Crippen LogP contribution in [0.1, 0.15) is 37.8 Å². The van der Waals surface area contributed by atoms with E-state index in [9.17, 15) is 0 Å². The first-order valence-corrected chi connectivity index (χ1v) is 9.01. The third-order valence-corrected chi connectivity index (χ3v) is 5.44. The maximum Gasteiger partial charge on any atom is 0.254 e. The minimum atomic E-state index is 0.228. The van der Waals surface area contributed by atoms with E-state index in [1.54, 1.807) is 10.8 Å². The minimum Gasteiger partial charge on any atom is -0.379 e. The van der Waals surface area contributed by atoms with Crippen molar-refractivity contribution >= 4 is 11.6 Å². The number of hydrogen-bond acceptors (Lipinski definition) is 6. The van der Waals surface area contributed by atoms with Gasteiger partial charge in [0, 0.05) is 36.9 Å². The van der Waals surface area contributed by atoms with Gasteiger partial charge in [-0.25, -0.2) is 4.98 Å². The summed E-state index contributed by atoms with van der Waals surface area (Å²) in [6.07, 6.45) is 8.05. The van der Waals surface area contributed by atoms with Crippen LogP contribution in [0.5, 0.6) is 0 Å². The molecule has 3 heterocycles. The molecule has 1 aliphatic heterocycles. The lowest BCUT2D eigenvalue weighted by Crippen LogP contribution is -2.58. The highest BCUT2D eigenvalue weighted by Gasteiger charge is 2.38. The maximum absolute atomic E-state index is 5.57. The van der Waals surface area contributed by atoms with Crippen LogP contribution in [0.25, 0.3) is 5.78 Å². The number of aryl methyl sites for hydroxylation is 1. The Labute approximate surface area is 142 Å². The van der Waals surface area contributed by atoms with Gasteiger partial charge in [-0.1, -0.05) is 19.3 Å². The molecule has 2 fully saturated rings. The Morgan fingerprint density at radius 3 is 2.79 bits per heavy atom. The predicted octanol–water partition coefficient (Wildman–Crippen LogP) is 1.88. The van der Waals surface area contributed by atoms with E-state index in [1.165, 1.54) is 32.1 Å². The maximum atomic E-state index is 5.57. The van der Waals surface area contributed by atoms with Crippen molar-refractivity contribution in [3.63, 3.8) is 0 Å². The number of fused-ring (bicyclic) bond motifs is 1. The topological polar surface area (TPSA) is 67.6 Å². The summed E-state index contributed by atoms with van der Waals surface area (Å²) in [5.41, 5.74) is 1.19. The van der Waals surface area contributed by atoms with Crippen molar-refractivity contribution < 1.29 is 4.74 Å². The second-order valence-corrected chi connectivity index (χ2v) is 6.99. The highest BCUT2D eigenvalue weighted by atomic mass is 16.5. The zero-order chi connectivity index (χ0) is 16.4. The number of ether oxygens (including phenoxy) is 1. The van der Waals surface area contributed by atoms with Gasteiger partial charge in [-0.05, 0) is 19.8 Å². The average Bonchev–Trinajstić information content (AvgIpc) is 3.09. The zero-order valence-electron chi connectivity index (χ0n) is 14.4. The quantitative estimate of drug-likeness (QED) is 0.923. The molecular formula is C17H26N6O. The van der Waals surface area contributed by atoms with Crippen molar-refractivity contribution in [2.24, 2.45) is 0 Å². The molecule has 0 radical (unpaired) electrons. The van der Waals surface area contributed by atoms with Crippen LogP contribution in [-0.4, -0.2) is 62.9 Å². The van der Waals surface area contributed by atoms with Crippen LogP contribution in [0.3, 0.4) is 0 Å². The molecule has 130 valence electrons. The summed E-state index contributed by atoms with van der Waals surface area (Å²) in [5, 5.41) is 7.97. The number of rotatable bonds is 4. The van der Waals surface area contributed by atoms with Gasteiger partial charge in [0.25, 0.3) is 5.78 Å². The van der Waals surface area contributed by atoms with Gasteiger partial charge in [-0.3, -0.25) is 4.90 Å². The van der Waals surface area contributed by atoms with Gasteiger partial charge in [0.15, 0.2) is 0 Å². The van der Waals surface area contributed by atoms with Gasteiger partial charge in [-0.2, -0.15) is 14.6 Å². The van der Waals surface area contributed by atoms with Crippen molar-refractivity contribution in [2.45, 2.75) is 44.6 Å². The van der Waals surface area contributed by atoms with E-state index in [1.807, 2.05) is 6.92 Å². The molecule has 2 aromatic rings. The third kappa shape index (κ3) is 2.98. The van der Waals surface area contributed by atoms with Crippen LogP contribution in [0.4, 0.5) is 5.82 Å². The number of hydrogen-bond donors (Lipinski definition) is 1. The van der Waals surface area contributed by atoms with Crippen molar-refractivity contribution in [3.8, 4) is 0 Å². The number of aromatic nitrogens is 4. The summed E-state index contributed by atoms with van der Waals surface area (Å²) < 4.78 is 7.36. The molecule has 0 aromatic carbocycles. The molecule has 0 bridgehead atoms. The van der Waals surface area contributed by atoms with Gasteiger partial charge in [0.2, 0.25) is 0 Å². The molecule has 0 spiro atoms. The Bertz CT molecular complexity index is 687. The first-order valence-electron chi connectivity index (χ1n) is 9.01. The largest absolute Gasteiger partial charge is 0.379 e. The molecule has 1 aliphatic carbocycles. The number of nitrogens with zero attached hydrogens (tertiary/aromatic N) is 5. The fourth-order valence-corrected chi connectivity index (χ4v) is 4.16. The van der Waals surface area contributed by atoms with E-state index in [0.29, 0.717) is 5.78 Å². The monoisotopic (exact) mass is 330 g/mol. The molecule has 1 saturated heterocycles. The summed E-state index contributed by atoms with van der Waals surface area (Å²) in [4.78, 5) is 11.3. The summed E-state index contributed by atoms with van der Waals surface area (Å²) in [5.74, 6) is 1.63. The second kappa shape index (κ2) is 6.64. The van der Waals surface area contributed by atoms with Crippen molar-refractivity contribution in [2.75, 3.05) is 38.2 Å². The van der Waals surface area contributed by atoms with Crippen molar-refractivity contribution in [1.82, 2.24) is 24.5 Å². The Morgan fingerprint density at radius 1 is 1.21 bits per heavy atom. The molecule has 2 aromatic heterocycles. The Morgan fingerprint density at radius 2 is 2.00 bits per heavy atom. The lowest BCUT2D eigenvalue weighted by molar-refractivity contribution is -0.0318. The van der Waals surface area contributed by atoms with Crippen LogP contribution < -0.4 is 5.32 Å². The van der Waals surface area contributed by atoms with Crippen LogP contribution in [0, 0.1) is 6.92 Å². The van der Waals surface area contributed by atoms with Crippen molar-refractivity contribution in [3.05, 3.63) is 18.1 Å². The Hall–Kier alpha value is -1.73. The molecule has 2 aliphatic rings. The van der Waals surface area contributed by atoms with E-state index in [0.717, 1.165) is 44.4 Å². The summed E-state index contributed by atoms with van der Waals surface area (Å²) in [6.45, 7) is 6.71. The van der Waals surface area contributed by atoms with E-state index in [4.69, 9.17) is 4.74 Å². The summed E-state index contributed by atoms with van der Waals surface area (Å²) >= 11 is 0. The summed E-state index contributed by atoms with van der Waals surface area (Å²) in [6, 6.07) is 2.05. The van der Waals surface area contributed by atoms with E-state index in [-0.39, 0.29) is 5.54 Å². The van der Waals surface area contributed by atoms with Crippen molar-refractivity contribution in [1.29, 1.82) is 0 Å². The molecule has 7 nitrogen and oxygen atoms in total. The highest BCUT2D eigenvalue weighted by molar-refractivity contribution is 5.45. The zero-order valence-corrected chi connectivity index (χ0v) is 14.4. The van der Waals surface area contributed by atoms with E-state index >= 15 is 0 Å². The lowest BCUT2D eigenvalue weighted by atomic mass is 9.79. The molecule has 1 saturated carbocycles. The van der Waals surface area contributed by atoms with Crippen LogP contribution >= 0.6 is 0 Å². The van der Waals surface area contributed by atoms with Gasteiger partial charge >= 0.3 is 0 Å². The Kier molecular flexibility index (Phi) is 4.37. The summed E-state index contributed by atoms with van der Waals surface area (Å²) in [7, 11) is 0. The minimum absolute atomic E-state index is 0.228. The number of morpholine rings is 1. The smallest absolute Gasteiger partial charge is 0.254 e. The molecule has 0 unspecified atom stereocenters.